The quantitative estimate of drug-likeness (QED) is 0.901. The summed E-state index contributed by atoms with van der Waals surface area (Å²) in [5, 5.41) is 3.37. The van der Waals surface area contributed by atoms with Gasteiger partial charge >= 0.3 is 4.87 Å². The first-order valence-corrected chi connectivity index (χ1v) is 7.36. The molecule has 0 bridgehead atoms. The van der Waals surface area contributed by atoms with Crippen molar-refractivity contribution in [3.63, 3.8) is 0 Å². The Morgan fingerprint density at radius 1 is 1.39 bits per heavy atom. The Morgan fingerprint density at radius 3 is 2.94 bits per heavy atom. The molecule has 0 spiro atoms. The van der Waals surface area contributed by atoms with Crippen LogP contribution in [0.3, 0.4) is 0 Å². The van der Waals surface area contributed by atoms with Gasteiger partial charge in [-0.2, -0.15) is 0 Å². The molecular formula is C14H18N2OS. The first-order chi connectivity index (χ1) is 8.74. The molecule has 1 aliphatic heterocycles. The second kappa shape index (κ2) is 4.86. The molecule has 1 N–H and O–H groups in total. The van der Waals surface area contributed by atoms with Gasteiger partial charge in [0.2, 0.25) is 0 Å². The number of nitrogens with one attached hydrogen (secondary N) is 1. The first kappa shape index (κ1) is 11.9. The van der Waals surface area contributed by atoms with E-state index in [4.69, 9.17) is 0 Å². The van der Waals surface area contributed by atoms with Crippen LogP contribution in [0.1, 0.15) is 18.4 Å². The molecule has 96 valence electrons. The SMILES string of the molecule is Cc1ccc2c(c1)sc(=O)n2CC1CCNCC1. The lowest BCUT2D eigenvalue weighted by molar-refractivity contribution is 0.335. The van der Waals surface area contributed by atoms with Gasteiger partial charge in [-0.15, -0.1) is 0 Å². The van der Waals surface area contributed by atoms with Gasteiger partial charge in [0, 0.05) is 6.54 Å². The van der Waals surface area contributed by atoms with Crippen LogP contribution in [0.4, 0.5) is 0 Å². The highest BCUT2D eigenvalue weighted by Crippen LogP contribution is 2.21. The van der Waals surface area contributed by atoms with Crippen molar-refractivity contribution in [3.8, 4) is 0 Å². The summed E-state index contributed by atoms with van der Waals surface area (Å²) in [5.41, 5.74) is 2.33. The third-order valence-electron chi connectivity index (χ3n) is 3.72. The van der Waals surface area contributed by atoms with Gasteiger partial charge < -0.3 is 5.32 Å². The van der Waals surface area contributed by atoms with E-state index in [1.165, 1.54) is 29.7 Å². The summed E-state index contributed by atoms with van der Waals surface area (Å²) in [6.07, 6.45) is 2.35. The minimum absolute atomic E-state index is 0.189. The number of piperidine rings is 1. The fourth-order valence-corrected chi connectivity index (χ4v) is 3.67. The number of fused-ring (bicyclic) bond motifs is 1. The maximum absolute atomic E-state index is 12.1. The molecule has 1 aromatic heterocycles. The summed E-state index contributed by atoms with van der Waals surface area (Å²) >= 11 is 1.37. The molecule has 0 saturated carbocycles. The lowest BCUT2D eigenvalue weighted by Crippen LogP contribution is -2.31. The van der Waals surface area contributed by atoms with Gasteiger partial charge in [-0.1, -0.05) is 17.4 Å². The molecule has 2 aromatic rings. The molecule has 2 heterocycles. The molecule has 3 rings (SSSR count). The van der Waals surface area contributed by atoms with E-state index >= 15 is 0 Å². The van der Waals surface area contributed by atoms with Gasteiger partial charge in [0.05, 0.1) is 10.2 Å². The van der Waals surface area contributed by atoms with Crippen molar-refractivity contribution in [1.29, 1.82) is 0 Å². The van der Waals surface area contributed by atoms with Crippen LogP contribution in [0.5, 0.6) is 0 Å². The average molecular weight is 262 g/mol. The van der Waals surface area contributed by atoms with Crippen molar-refractivity contribution in [1.82, 2.24) is 9.88 Å². The normalized spacial score (nSPS) is 17.4. The molecule has 4 heteroatoms. The summed E-state index contributed by atoms with van der Waals surface area (Å²) in [6.45, 7) is 5.12. The second-order valence-electron chi connectivity index (χ2n) is 5.14. The van der Waals surface area contributed by atoms with Gasteiger partial charge in [0.15, 0.2) is 0 Å². The molecule has 0 amide bonds. The van der Waals surface area contributed by atoms with Crippen LogP contribution >= 0.6 is 11.3 Å². The van der Waals surface area contributed by atoms with Gasteiger partial charge in [0.1, 0.15) is 0 Å². The monoisotopic (exact) mass is 262 g/mol. The molecular weight excluding hydrogens is 244 g/mol. The van der Waals surface area contributed by atoms with Gasteiger partial charge in [-0.05, 0) is 56.5 Å². The van der Waals surface area contributed by atoms with E-state index in [0.29, 0.717) is 5.92 Å². The van der Waals surface area contributed by atoms with Crippen molar-refractivity contribution in [2.24, 2.45) is 5.92 Å². The minimum atomic E-state index is 0.189. The summed E-state index contributed by atoms with van der Waals surface area (Å²) in [6, 6.07) is 6.29. The van der Waals surface area contributed by atoms with E-state index in [2.05, 4.69) is 30.4 Å². The fourth-order valence-electron chi connectivity index (χ4n) is 2.67. The van der Waals surface area contributed by atoms with Crippen LogP contribution in [0.25, 0.3) is 10.2 Å². The zero-order valence-electron chi connectivity index (χ0n) is 10.6. The van der Waals surface area contributed by atoms with Crippen LogP contribution in [-0.4, -0.2) is 17.7 Å². The number of hydrogen-bond acceptors (Lipinski definition) is 3. The minimum Gasteiger partial charge on any atom is -0.317 e. The van der Waals surface area contributed by atoms with E-state index in [-0.39, 0.29) is 4.87 Å². The van der Waals surface area contributed by atoms with Crippen LogP contribution in [-0.2, 0) is 6.54 Å². The van der Waals surface area contributed by atoms with E-state index in [1.54, 1.807) is 0 Å². The number of thiazole rings is 1. The Kier molecular flexibility index (Phi) is 3.22. The van der Waals surface area contributed by atoms with Gasteiger partial charge in [-0.3, -0.25) is 9.36 Å². The Labute approximate surface area is 110 Å². The molecule has 3 nitrogen and oxygen atoms in total. The third-order valence-corrected chi connectivity index (χ3v) is 4.67. The lowest BCUT2D eigenvalue weighted by atomic mass is 9.98. The standard InChI is InChI=1S/C14H18N2OS/c1-10-2-3-12-13(8-10)18-14(17)16(12)9-11-4-6-15-7-5-11/h2-3,8,11,15H,4-7,9H2,1H3. The van der Waals surface area contributed by atoms with E-state index in [0.717, 1.165) is 29.9 Å². The number of nitrogens with zero attached hydrogens (tertiary/aromatic N) is 1. The van der Waals surface area contributed by atoms with Crippen molar-refractivity contribution in [3.05, 3.63) is 33.4 Å². The topological polar surface area (TPSA) is 34.0 Å². The predicted octanol–water partition coefficient (Wildman–Crippen LogP) is 2.37. The summed E-state index contributed by atoms with van der Waals surface area (Å²) in [5.74, 6) is 0.642. The van der Waals surface area contributed by atoms with Crippen molar-refractivity contribution >= 4 is 21.6 Å². The van der Waals surface area contributed by atoms with Crippen LogP contribution in [0, 0.1) is 12.8 Å². The Morgan fingerprint density at radius 2 is 2.17 bits per heavy atom. The smallest absolute Gasteiger partial charge is 0.308 e. The molecule has 1 saturated heterocycles. The van der Waals surface area contributed by atoms with E-state index in [1.807, 2.05) is 4.57 Å². The largest absolute Gasteiger partial charge is 0.317 e. The van der Waals surface area contributed by atoms with Gasteiger partial charge in [-0.25, -0.2) is 0 Å². The molecule has 1 aliphatic rings. The summed E-state index contributed by atoms with van der Waals surface area (Å²) < 4.78 is 3.09. The molecule has 0 atom stereocenters. The molecule has 18 heavy (non-hydrogen) atoms. The van der Waals surface area contributed by atoms with Gasteiger partial charge in [0.25, 0.3) is 0 Å². The Balaban J connectivity index is 1.95. The highest BCUT2D eigenvalue weighted by molar-refractivity contribution is 7.16. The second-order valence-corrected chi connectivity index (χ2v) is 6.14. The zero-order valence-corrected chi connectivity index (χ0v) is 11.4. The van der Waals surface area contributed by atoms with Crippen LogP contribution < -0.4 is 10.2 Å². The summed E-state index contributed by atoms with van der Waals surface area (Å²) in [4.78, 5) is 12.3. The predicted molar refractivity (Wildman–Crippen MR) is 76.4 cm³/mol. The van der Waals surface area contributed by atoms with E-state index in [9.17, 15) is 4.79 Å². The molecule has 1 aromatic carbocycles. The number of aryl methyl sites for hydroxylation is 1. The number of aromatic nitrogens is 1. The number of rotatable bonds is 2. The van der Waals surface area contributed by atoms with Crippen molar-refractivity contribution in [2.75, 3.05) is 13.1 Å². The van der Waals surface area contributed by atoms with E-state index < -0.39 is 0 Å². The Bertz CT molecular complexity index is 608. The average Bonchev–Trinajstić information content (AvgIpc) is 2.66. The van der Waals surface area contributed by atoms with Crippen molar-refractivity contribution in [2.45, 2.75) is 26.3 Å². The first-order valence-electron chi connectivity index (χ1n) is 6.55. The third kappa shape index (κ3) is 2.22. The Hall–Kier alpha value is -1.13. The number of hydrogen-bond donors (Lipinski definition) is 1. The molecule has 0 aliphatic carbocycles. The lowest BCUT2D eigenvalue weighted by Gasteiger charge is -2.22. The highest BCUT2D eigenvalue weighted by atomic mass is 32.1. The molecule has 0 unspecified atom stereocenters. The fraction of sp³-hybridized carbons (Fsp3) is 0.500. The summed E-state index contributed by atoms with van der Waals surface area (Å²) in [7, 11) is 0. The maximum atomic E-state index is 12.1. The van der Waals surface area contributed by atoms with Crippen molar-refractivity contribution < 1.29 is 0 Å². The maximum Gasteiger partial charge on any atom is 0.308 e. The van der Waals surface area contributed by atoms with Crippen LogP contribution in [0.15, 0.2) is 23.0 Å². The number of benzene rings is 1. The van der Waals surface area contributed by atoms with Crippen LogP contribution in [0.2, 0.25) is 0 Å². The molecule has 0 radical (unpaired) electrons. The highest BCUT2D eigenvalue weighted by Gasteiger charge is 2.16. The molecule has 1 fully saturated rings. The zero-order chi connectivity index (χ0) is 12.5.